The van der Waals surface area contributed by atoms with E-state index in [2.05, 4.69) is 15.9 Å². The van der Waals surface area contributed by atoms with Gasteiger partial charge in [0.15, 0.2) is 0 Å². The maximum atomic E-state index is 13.5. The van der Waals surface area contributed by atoms with E-state index < -0.39 is 16.4 Å². The number of rotatable bonds is 4. The Morgan fingerprint density at radius 1 is 1.25 bits per heavy atom. The molecule has 2 aromatic rings. The summed E-state index contributed by atoms with van der Waals surface area (Å²) < 4.78 is 19.7. The molecule has 0 bridgehead atoms. The monoisotopic (exact) mass is 340 g/mol. The number of nitrogens with zero attached hydrogens (tertiary/aromatic N) is 1. The van der Waals surface area contributed by atoms with Crippen molar-refractivity contribution in [2.45, 2.75) is 6.54 Å². The summed E-state index contributed by atoms with van der Waals surface area (Å²) in [5.74, 6) is -0.284. The number of benzene rings is 2. The first-order valence-electron chi connectivity index (χ1n) is 5.61. The SMILES string of the molecule is NCc1ccc(Oc2ccc([N+](=O)[O-])c(F)c2)cc1Br. The molecule has 20 heavy (non-hydrogen) atoms. The van der Waals surface area contributed by atoms with E-state index in [1.165, 1.54) is 6.07 Å². The highest BCUT2D eigenvalue weighted by atomic mass is 79.9. The molecule has 0 saturated carbocycles. The number of nitro benzene ring substituents is 1. The van der Waals surface area contributed by atoms with Crippen molar-refractivity contribution < 1.29 is 14.1 Å². The highest BCUT2D eigenvalue weighted by molar-refractivity contribution is 9.10. The smallest absolute Gasteiger partial charge is 0.305 e. The number of hydrogen-bond donors (Lipinski definition) is 1. The number of nitro groups is 1. The lowest BCUT2D eigenvalue weighted by molar-refractivity contribution is -0.387. The summed E-state index contributed by atoms with van der Waals surface area (Å²) in [5.41, 5.74) is 5.86. The van der Waals surface area contributed by atoms with Gasteiger partial charge < -0.3 is 10.5 Å². The van der Waals surface area contributed by atoms with Gasteiger partial charge in [-0.25, -0.2) is 0 Å². The predicted molar refractivity (Wildman–Crippen MR) is 75.2 cm³/mol. The standard InChI is InChI=1S/C13H10BrFN2O3/c14-11-5-9(2-1-8(11)7-16)20-10-3-4-13(17(18)19)12(15)6-10/h1-6H,7,16H2. The highest BCUT2D eigenvalue weighted by Crippen LogP contribution is 2.29. The first-order chi connectivity index (χ1) is 9.51. The Morgan fingerprint density at radius 2 is 1.90 bits per heavy atom. The molecular weight excluding hydrogens is 331 g/mol. The van der Waals surface area contributed by atoms with Gasteiger partial charge in [0.1, 0.15) is 11.5 Å². The van der Waals surface area contributed by atoms with Crippen molar-refractivity contribution in [2.75, 3.05) is 0 Å². The van der Waals surface area contributed by atoms with Gasteiger partial charge in [-0.15, -0.1) is 0 Å². The maximum absolute atomic E-state index is 13.5. The Bertz CT molecular complexity index is 664. The Hall–Kier alpha value is -1.99. The molecule has 0 heterocycles. The van der Waals surface area contributed by atoms with E-state index in [-0.39, 0.29) is 5.75 Å². The van der Waals surface area contributed by atoms with Gasteiger partial charge in [0.2, 0.25) is 5.82 Å². The summed E-state index contributed by atoms with van der Waals surface area (Å²) in [5, 5.41) is 10.5. The second kappa shape index (κ2) is 5.98. The van der Waals surface area contributed by atoms with Crippen LogP contribution in [-0.4, -0.2) is 4.92 Å². The van der Waals surface area contributed by atoms with Crippen molar-refractivity contribution in [3.63, 3.8) is 0 Å². The van der Waals surface area contributed by atoms with Crippen molar-refractivity contribution in [1.82, 2.24) is 0 Å². The van der Waals surface area contributed by atoms with Gasteiger partial charge in [0.05, 0.1) is 4.92 Å². The fourth-order valence-corrected chi connectivity index (χ4v) is 2.11. The second-order valence-corrected chi connectivity index (χ2v) is 4.78. The van der Waals surface area contributed by atoms with Crippen LogP contribution in [0.4, 0.5) is 10.1 Å². The zero-order chi connectivity index (χ0) is 14.7. The van der Waals surface area contributed by atoms with Crippen LogP contribution in [0.2, 0.25) is 0 Å². The molecule has 5 nitrogen and oxygen atoms in total. The molecular formula is C13H10BrFN2O3. The molecule has 2 N–H and O–H groups in total. The van der Waals surface area contributed by atoms with Crippen molar-refractivity contribution >= 4 is 21.6 Å². The summed E-state index contributed by atoms with van der Waals surface area (Å²) in [6.07, 6.45) is 0. The molecule has 0 aliphatic rings. The molecule has 104 valence electrons. The third kappa shape index (κ3) is 3.12. The minimum atomic E-state index is -0.940. The van der Waals surface area contributed by atoms with Crippen molar-refractivity contribution in [3.05, 3.63) is 62.4 Å². The van der Waals surface area contributed by atoms with Crippen LogP contribution >= 0.6 is 15.9 Å². The van der Waals surface area contributed by atoms with Crippen LogP contribution in [0.3, 0.4) is 0 Å². The Labute approximate surface area is 122 Å². The summed E-state index contributed by atoms with van der Waals surface area (Å²) >= 11 is 3.34. The average Bonchev–Trinajstić information content (AvgIpc) is 2.38. The van der Waals surface area contributed by atoms with E-state index in [1.54, 1.807) is 18.2 Å². The topological polar surface area (TPSA) is 78.4 Å². The molecule has 0 unspecified atom stereocenters. The van der Waals surface area contributed by atoms with Gasteiger partial charge in [-0.05, 0) is 23.8 Å². The predicted octanol–water partition coefficient (Wildman–Crippen LogP) is 3.75. The van der Waals surface area contributed by atoms with Gasteiger partial charge in [0, 0.05) is 23.2 Å². The van der Waals surface area contributed by atoms with E-state index in [4.69, 9.17) is 10.5 Å². The van der Waals surface area contributed by atoms with Crippen molar-refractivity contribution in [3.8, 4) is 11.5 Å². The fraction of sp³-hybridized carbons (Fsp3) is 0.0769. The van der Waals surface area contributed by atoms with Crippen LogP contribution in [0, 0.1) is 15.9 Å². The summed E-state index contributed by atoms with van der Waals surface area (Å²) in [6.45, 7) is 0.382. The Morgan fingerprint density at radius 3 is 2.45 bits per heavy atom. The van der Waals surface area contributed by atoms with Crippen LogP contribution in [0.5, 0.6) is 11.5 Å². The van der Waals surface area contributed by atoms with Gasteiger partial charge in [-0.3, -0.25) is 10.1 Å². The van der Waals surface area contributed by atoms with Crippen LogP contribution in [0.15, 0.2) is 40.9 Å². The van der Waals surface area contributed by atoms with Gasteiger partial charge in [-0.1, -0.05) is 22.0 Å². The normalized spacial score (nSPS) is 10.3. The number of hydrogen-bond acceptors (Lipinski definition) is 4. The van der Waals surface area contributed by atoms with E-state index in [0.29, 0.717) is 12.3 Å². The van der Waals surface area contributed by atoms with Crippen LogP contribution in [0.25, 0.3) is 0 Å². The average molecular weight is 341 g/mol. The zero-order valence-electron chi connectivity index (χ0n) is 10.2. The molecule has 0 fully saturated rings. The lowest BCUT2D eigenvalue weighted by Crippen LogP contribution is -1.97. The Kier molecular flexibility index (Phi) is 4.31. The lowest BCUT2D eigenvalue weighted by atomic mass is 10.2. The maximum Gasteiger partial charge on any atom is 0.305 e. The van der Waals surface area contributed by atoms with Crippen molar-refractivity contribution in [1.29, 1.82) is 0 Å². The molecule has 7 heteroatoms. The molecule has 0 aliphatic carbocycles. The largest absolute Gasteiger partial charge is 0.457 e. The van der Waals surface area contributed by atoms with Crippen LogP contribution in [-0.2, 0) is 6.54 Å². The Balaban J connectivity index is 2.24. The van der Waals surface area contributed by atoms with Crippen LogP contribution in [0.1, 0.15) is 5.56 Å². The van der Waals surface area contributed by atoms with Gasteiger partial charge >= 0.3 is 5.69 Å². The molecule has 2 rings (SSSR count). The second-order valence-electron chi connectivity index (χ2n) is 3.93. The van der Waals surface area contributed by atoms with Gasteiger partial charge in [0.25, 0.3) is 0 Å². The minimum absolute atomic E-state index is 0.181. The molecule has 0 aromatic heterocycles. The summed E-state index contributed by atoms with van der Waals surface area (Å²) in [4.78, 5) is 9.73. The highest BCUT2D eigenvalue weighted by Gasteiger charge is 2.14. The quantitative estimate of drug-likeness (QED) is 0.679. The van der Waals surface area contributed by atoms with E-state index in [9.17, 15) is 14.5 Å². The first kappa shape index (κ1) is 14.4. The van der Waals surface area contributed by atoms with E-state index in [1.807, 2.05) is 0 Å². The fourth-order valence-electron chi connectivity index (χ4n) is 1.59. The molecule has 0 spiro atoms. The molecule has 0 atom stereocenters. The van der Waals surface area contributed by atoms with Crippen LogP contribution < -0.4 is 10.5 Å². The van der Waals surface area contributed by atoms with Gasteiger partial charge in [-0.2, -0.15) is 4.39 Å². The molecule has 0 saturated heterocycles. The number of nitrogens with two attached hydrogens (primary N) is 1. The van der Waals surface area contributed by atoms with Crippen molar-refractivity contribution in [2.24, 2.45) is 5.73 Å². The third-order valence-electron chi connectivity index (χ3n) is 2.60. The summed E-state index contributed by atoms with van der Waals surface area (Å²) in [7, 11) is 0. The molecule has 0 aliphatic heterocycles. The zero-order valence-corrected chi connectivity index (χ0v) is 11.8. The van der Waals surface area contributed by atoms with E-state index >= 15 is 0 Å². The molecule has 0 radical (unpaired) electrons. The number of ether oxygens (including phenoxy) is 1. The summed E-state index contributed by atoms with van der Waals surface area (Å²) in [6, 6.07) is 8.54. The van der Waals surface area contributed by atoms with E-state index in [0.717, 1.165) is 22.2 Å². The molecule has 0 amide bonds. The lowest BCUT2D eigenvalue weighted by Gasteiger charge is -2.08. The third-order valence-corrected chi connectivity index (χ3v) is 3.33. The number of halogens is 2. The minimum Gasteiger partial charge on any atom is -0.457 e. The molecule has 2 aromatic carbocycles. The first-order valence-corrected chi connectivity index (χ1v) is 6.41.